The molecule has 1 heterocycles. The number of aromatic nitrogens is 2. The van der Waals surface area contributed by atoms with Gasteiger partial charge in [-0.3, -0.25) is 4.68 Å². The van der Waals surface area contributed by atoms with Crippen LogP contribution in [0.1, 0.15) is 16.8 Å². The lowest BCUT2D eigenvalue weighted by atomic mass is 10.2. The third-order valence-electron chi connectivity index (χ3n) is 3.37. The van der Waals surface area contributed by atoms with E-state index in [0.717, 1.165) is 23.4 Å². The standard InChI is InChI=1S/C13H17FN4O2S/c1-8-4-11(14)12(15)5-13(8)21(19,20)17-7-10-6-16-18(3)9(10)2/h4-6,17H,7,15H2,1-3H3. The van der Waals surface area contributed by atoms with Crippen molar-refractivity contribution in [3.8, 4) is 0 Å². The maximum atomic E-state index is 13.3. The first-order valence-electron chi connectivity index (χ1n) is 6.25. The van der Waals surface area contributed by atoms with Gasteiger partial charge in [-0.15, -0.1) is 0 Å². The van der Waals surface area contributed by atoms with Crippen LogP contribution in [0.5, 0.6) is 0 Å². The molecule has 0 aliphatic rings. The summed E-state index contributed by atoms with van der Waals surface area (Å²) in [6.45, 7) is 3.48. The molecule has 2 rings (SSSR count). The van der Waals surface area contributed by atoms with E-state index in [0.29, 0.717) is 5.56 Å². The average molecular weight is 312 g/mol. The first-order chi connectivity index (χ1) is 9.72. The molecule has 21 heavy (non-hydrogen) atoms. The number of hydrogen-bond acceptors (Lipinski definition) is 4. The van der Waals surface area contributed by atoms with E-state index in [-0.39, 0.29) is 17.1 Å². The van der Waals surface area contributed by atoms with Crippen LogP contribution in [0.15, 0.2) is 23.2 Å². The number of nitrogens with zero attached hydrogens (tertiary/aromatic N) is 2. The van der Waals surface area contributed by atoms with Gasteiger partial charge in [-0.2, -0.15) is 5.10 Å². The summed E-state index contributed by atoms with van der Waals surface area (Å²) in [7, 11) is -1.99. The number of nitrogens with one attached hydrogen (secondary N) is 1. The number of nitrogens with two attached hydrogens (primary N) is 1. The minimum Gasteiger partial charge on any atom is -0.396 e. The number of halogens is 1. The molecule has 0 aliphatic heterocycles. The van der Waals surface area contributed by atoms with Gasteiger partial charge >= 0.3 is 0 Å². The summed E-state index contributed by atoms with van der Waals surface area (Å²) < 4.78 is 42.0. The summed E-state index contributed by atoms with van der Waals surface area (Å²) in [5, 5.41) is 4.05. The van der Waals surface area contributed by atoms with E-state index in [1.807, 2.05) is 6.92 Å². The SMILES string of the molecule is Cc1cc(F)c(N)cc1S(=O)(=O)NCc1cnn(C)c1C. The van der Waals surface area contributed by atoms with Gasteiger partial charge in [-0.25, -0.2) is 17.5 Å². The Morgan fingerprint density at radius 3 is 2.62 bits per heavy atom. The largest absolute Gasteiger partial charge is 0.396 e. The van der Waals surface area contributed by atoms with Crippen LogP contribution in [-0.4, -0.2) is 18.2 Å². The number of aryl methyl sites for hydroxylation is 2. The molecule has 0 saturated heterocycles. The van der Waals surface area contributed by atoms with Crippen molar-refractivity contribution in [1.29, 1.82) is 0 Å². The van der Waals surface area contributed by atoms with Crippen molar-refractivity contribution in [3.63, 3.8) is 0 Å². The lowest BCUT2D eigenvalue weighted by Gasteiger charge is -2.10. The molecule has 6 nitrogen and oxygen atoms in total. The van der Waals surface area contributed by atoms with Crippen molar-refractivity contribution in [2.45, 2.75) is 25.3 Å². The van der Waals surface area contributed by atoms with Gasteiger partial charge in [0.05, 0.1) is 16.8 Å². The molecule has 114 valence electrons. The van der Waals surface area contributed by atoms with Gasteiger partial charge in [0.1, 0.15) is 5.82 Å². The van der Waals surface area contributed by atoms with Crippen molar-refractivity contribution < 1.29 is 12.8 Å². The Labute approximate surface area is 122 Å². The molecule has 0 bridgehead atoms. The molecule has 0 spiro atoms. The molecule has 0 radical (unpaired) electrons. The monoisotopic (exact) mass is 312 g/mol. The average Bonchev–Trinajstić information content (AvgIpc) is 2.72. The van der Waals surface area contributed by atoms with E-state index in [2.05, 4.69) is 9.82 Å². The van der Waals surface area contributed by atoms with E-state index in [9.17, 15) is 12.8 Å². The summed E-state index contributed by atoms with van der Waals surface area (Å²) in [5.74, 6) is -0.630. The lowest BCUT2D eigenvalue weighted by Crippen LogP contribution is -2.24. The Morgan fingerprint density at radius 2 is 2.05 bits per heavy atom. The Kier molecular flexibility index (Phi) is 4.02. The molecule has 0 aliphatic carbocycles. The minimum absolute atomic E-state index is 0.0251. The molecular weight excluding hydrogens is 295 g/mol. The van der Waals surface area contributed by atoms with Crippen LogP contribution in [0.2, 0.25) is 0 Å². The quantitative estimate of drug-likeness (QED) is 0.831. The molecule has 3 N–H and O–H groups in total. The van der Waals surface area contributed by atoms with E-state index < -0.39 is 15.8 Å². The Bertz CT molecular complexity index is 784. The highest BCUT2D eigenvalue weighted by atomic mass is 32.2. The fraction of sp³-hybridized carbons (Fsp3) is 0.308. The maximum Gasteiger partial charge on any atom is 0.241 e. The van der Waals surface area contributed by atoms with Gasteiger partial charge in [0, 0.05) is 24.8 Å². The molecule has 1 aromatic carbocycles. The highest BCUT2D eigenvalue weighted by Gasteiger charge is 2.19. The minimum atomic E-state index is -3.77. The van der Waals surface area contributed by atoms with Gasteiger partial charge in [0.15, 0.2) is 0 Å². The summed E-state index contributed by atoms with van der Waals surface area (Å²) in [6.07, 6.45) is 1.60. The van der Waals surface area contributed by atoms with Crippen molar-refractivity contribution in [3.05, 3.63) is 41.0 Å². The molecule has 2 aromatic rings. The van der Waals surface area contributed by atoms with Crippen molar-refractivity contribution in [2.75, 3.05) is 5.73 Å². The summed E-state index contributed by atoms with van der Waals surface area (Å²) >= 11 is 0. The topological polar surface area (TPSA) is 90.0 Å². The number of benzene rings is 1. The summed E-state index contributed by atoms with van der Waals surface area (Å²) in [4.78, 5) is -0.0251. The van der Waals surface area contributed by atoms with E-state index in [1.165, 1.54) is 6.92 Å². The molecule has 1 aromatic heterocycles. The van der Waals surface area contributed by atoms with Crippen LogP contribution in [0, 0.1) is 19.7 Å². The van der Waals surface area contributed by atoms with E-state index in [4.69, 9.17) is 5.73 Å². The fourth-order valence-corrected chi connectivity index (χ4v) is 3.19. The van der Waals surface area contributed by atoms with E-state index >= 15 is 0 Å². The molecule has 0 unspecified atom stereocenters. The van der Waals surface area contributed by atoms with Gasteiger partial charge in [-0.05, 0) is 31.5 Å². The van der Waals surface area contributed by atoms with E-state index in [1.54, 1.807) is 17.9 Å². The Balaban J connectivity index is 2.27. The van der Waals surface area contributed by atoms with Gasteiger partial charge in [0.2, 0.25) is 10.0 Å². The molecule has 0 fully saturated rings. The zero-order valence-corrected chi connectivity index (χ0v) is 12.8. The summed E-state index contributed by atoms with van der Waals surface area (Å²) in [5.41, 5.74) is 7.19. The number of rotatable bonds is 4. The van der Waals surface area contributed by atoms with Gasteiger partial charge < -0.3 is 5.73 Å². The maximum absolute atomic E-state index is 13.3. The van der Waals surface area contributed by atoms with Crippen LogP contribution in [-0.2, 0) is 23.6 Å². The number of sulfonamides is 1. The third-order valence-corrected chi connectivity index (χ3v) is 4.92. The smallest absolute Gasteiger partial charge is 0.241 e. The molecule has 0 amide bonds. The molecule has 8 heteroatoms. The zero-order valence-electron chi connectivity index (χ0n) is 12.0. The second kappa shape index (κ2) is 5.45. The Morgan fingerprint density at radius 1 is 1.38 bits per heavy atom. The van der Waals surface area contributed by atoms with Crippen LogP contribution in [0.4, 0.5) is 10.1 Å². The van der Waals surface area contributed by atoms with Gasteiger partial charge in [-0.1, -0.05) is 0 Å². The fourth-order valence-electron chi connectivity index (χ4n) is 1.93. The van der Waals surface area contributed by atoms with Crippen molar-refractivity contribution >= 4 is 15.7 Å². The lowest BCUT2D eigenvalue weighted by molar-refractivity contribution is 0.579. The van der Waals surface area contributed by atoms with Crippen LogP contribution < -0.4 is 10.5 Å². The molecule has 0 atom stereocenters. The van der Waals surface area contributed by atoms with Gasteiger partial charge in [0.25, 0.3) is 0 Å². The predicted molar refractivity (Wildman–Crippen MR) is 77.5 cm³/mol. The van der Waals surface area contributed by atoms with Crippen LogP contribution in [0.25, 0.3) is 0 Å². The van der Waals surface area contributed by atoms with Crippen LogP contribution in [0.3, 0.4) is 0 Å². The first-order valence-corrected chi connectivity index (χ1v) is 7.73. The normalized spacial score (nSPS) is 11.8. The van der Waals surface area contributed by atoms with Crippen molar-refractivity contribution in [2.24, 2.45) is 7.05 Å². The highest BCUT2D eigenvalue weighted by molar-refractivity contribution is 7.89. The number of anilines is 1. The number of nitrogen functional groups attached to an aromatic ring is 1. The second-order valence-corrected chi connectivity index (χ2v) is 6.58. The second-order valence-electron chi connectivity index (χ2n) is 4.84. The molecule has 0 saturated carbocycles. The van der Waals surface area contributed by atoms with Crippen LogP contribution >= 0.6 is 0 Å². The number of hydrogen-bond donors (Lipinski definition) is 2. The molecular formula is C13H17FN4O2S. The first kappa shape index (κ1) is 15.5. The Hall–Kier alpha value is -1.93. The predicted octanol–water partition coefficient (Wildman–Crippen LogP) is 1.24. The highest BCUT2D eigenvalue weighted by Crippen LogP contribution is 2.21. The van der Waals surface area contributed by atoms with Crippen molar-refractivity contribution in [1.82, 2.24) is 14.5 Å². The summed E-state index contributed by atoms with van der Waals surface area (Å²) in [6, 6.07) is 2.24. The zero-order chi connectivity index (χ0) is 15.8. The third kappa shape index (κ3) is 3.06.